The quantitative estimate of drug-likeness (QED) is 0.899. The van der Waals surface area contributed by atoms with E-state index >= 15 is 0 Å². The minimum Gasteiger partial charge on any atom is -0.397 e. The molecular weight excluding hydrogens is 276 g/mol. The Labute approximate surface area is 121 Å². The van der Waals surface area contributed by atoms with E-state index in [0.29, 0.717) is 17.1 Å². The third-order valence-electron chi connectivity index (χ3n) is 3.32. The predicted molar refractivity (Wildman–Crippen MR) is 81.2 cm³/mol. The molecule has 3 N–H and O–H groups in total. The minimum absolute atomic E-state index is 0.173. The van der Waals surface area contributed by atoms with Gasteiger partial charge in [0.15, 0.2) is 0 Å². The van der Waals surface area contributed by atoms with E-state index in [1.54, 1.807) is 11.8 Å². The average Bonchev–Trinajstić information content (AvgIpc) is 2.87. The number of carbonyl (C=O) groups is 1. The Hall–Kier alpha value is -1.60. The van der Waals surface area contributed by atoms with E-state index in [0.717, 1.165) is 15.9 Å². The van der Waals surface area contributed by atoms with Gasteiger partial charge in [-0.2, -0.15) is 5.10 Å². The first-order valence-corrected chi connectivity index (χ1v) is 7.13. The standard InChI is InChI=1S/C13H20N4O2S/c1-7-8-9(14)10(20-12(8)17(4)16-7)11(18)15-6-13(2,3)19-5/h6,14H2,1-5H3,(H,15,18). The van der Waals surface area contributed by atoms with Crippen LogP contribution in [0.3, 0.4) is 0 Å². The van der Waals surface area contributed by atoms with Gasteiger partial charge in [0.05, 0.1) is 22.4 Å². The fourth-order valence-corrected chi connectivity index (χ4v) is 3.05. The highest BCUT2D eigenvalue weighted by Crippen LogP contribution is 2.35. The molecule has 0 saturated carbocycles. The summed E-state index contributed by atoms with van der Waals surface area (Å²) >= 11 is 1.36. The minimum atomic E-state index is -0.404. The van der Waals surface area contributed by atoms with Crippen LogP contribution in [0.15, 0.2) is 0 Å². The van der Waals surface area contributed by atoms with Crippen LogP contribution >= 0.6 is 11.3 Å². The van der Waals surface area contributed by atoms with Crippen LogP contribution in [0.25, 0.3) is 10.2 Å². The summed E-state index contributed by atoms with van der Waals surface area (Å²) < 4.78 is 7.03. The Morgan fingerprint density at radius 2 is 2.20 bits per heavy atom. The van der Waals surface area contributed by atoms with E-state index < -0.39 is 5.60 Å². The van der Waals surface area contributed by atoms with Crippen molar-refractivity contribution in [1.29, 1.82) is 0 Å². The van der Waals surface area contributed by atoms with Crippen molar-refractivity contribution >= 4 is 33.1 Å². The molecule has 2 aromatic heterocycles. The van der Waals surface area contributed by atoms with Crippen LogP contribution in [-0.2, 0) is 11.8 Å². The molecule has 20 heavy (non-hydrogen) atoms. The van der Waals surface area contributed by atoms with E-state index in [2.05, 4.69) is 10.4 Å². The number of hydrogen-bond donors (Lipinski definition) is 2. The maximum absolute atomic E-state index is 12.3. The number of thiophene rings is 1. The molecule has 7 heteroatoms. The number of fused-ring (bicyclic) bond motifs is 1. The maximum atomic E-state index is 12.3. The van der Waals surface area contributed by atoms with Gasteiger partial charge in [-0.15, -0.1) is 11.3 Å². The van der Waals surface area contributed by atoms with Gasteiger partial charge in [-0.05, 0) is 20.8 Å². The number of nitrogens with one attached hydrogen (secondary N) is 1. The molecule has 0 radical (unpaired) electrons. The highest BCUT2D eigenvalue weighted by Gasteiger charge is 2.23. The van der Waals surface area contributed by atoms with Gasteiger partial charge in [-0.3, -0.25) is 9.48 Å². The first-order valence-electron chi connectivity index (χ1n) is 6.31. The topological polar surface area (TPSA) is 82.2 Å². The SMILES string of the molecule is COC(C)(C)CNC(=O)c1sc2c(c(C)nn2C)c1N. The number of carbonyl (C=O) groups excluding carboxylic acids is 1. The number of hydrogen-bond acceptors (Lipinski definition) is 5. The number of nitrogen functional groups attached to an aromatic ring is 1. The van der Waals surface area contributed by atoms with Crippen molar-refractivity contribution in [2.75, 3.05) is 19.4 Å². The van der Waals surface area contributed by atoms with Crippen molar-refractivity contribution in [3.8, 4) is 0 Å². The van der Waals surface area contributed by atoms with Gasteiger partial charge in [0.25, 0.3) is 5.91 Å². The van der Waals surface area contributed by atoms with Crippen molar-refractivity contribution in [1.82, 2.24) is 15.1 Å². The van der Waals surface area contributed by atoms with Gasteiger partial charge in [-0.25, -0.2) is 0 Å². The first-order chi connectivity index (χ1) is 9.26. The van der Waals surface area contributed by atoms with E-state index in [1.807, 2.05) is 27.8 Å². The van der Waals surface area contributed by atoms with E-state index in [9.17, 15) is 4.79 Å². The van der Waals surface area contributed by atoms with Crippen molar-refractivity contribution in [3.63, 3.8) is 0 Å². The molecule has 0 unspecified atom stereocenters. The lowest BCUT2D eigenvalue weighted by atomic mass is 10.1. The van der Waals surface area contributed by atoms with E-state index in [4.69, 9.17) is 10.5 Å². The summed E-state index contributed by atoms with van der Waals surface area (Å²) in [6.45, 7) is 6.14. The summed E-state index contributed by atoms with van der Waals surface area (Å²) in [5, 5.41) is 8.03. The highest BCUT2D eigenvalue weighted by atomic mass is 32.1. The van der Waals surface area contributed by atoms with E-state index in [-0.39, 0.29) is 5.91 Å². The molecule has 0 bridgehead atoms. The number of methoxy groups -OCH3 is 1. The van der Waals surface area contributed by atoms with Crippen LogP contribution in [0.2, 0.25) is 0 Å². The summed E-state index contributed by atoms with van der Waals surface area (Å²) in [4.78, 5) is 13.7. The second-order valence-electron chi connectivity index (χ2n) is 5.38. The lowest BCUT2D eigenvalue weighted by Crippen LogP contribution is -2.39. The number of nitrogens with two attached hydrogens (primary N) is 1. The fraction of sp³-hybridized carbons (Fsp3) is 0.538. The zero-order chi connectivity index (χ0) is 15.1. The molecule has 0 atom stereocenters. The summed E-state index contributed by atoms with van der Waals surface area (Å²) in [6, 6.07) is 0. The number of rotatable bonds is 4. The predicted octanol–water partition coefficient (Wildman–Crippen LogP) is 1.68. The van der Waals surface area contributed by atoms with Gasteiger partial charge in [0, 0.05) is 20.7 Å². The number of aromatic nitrogens is 2. The Bertz CT molecular complexity index is 657. The molecule has 110 valence electrons. The monoisotopic (exact) mass is 296 g/mol. The third-order valence-corrected chi connectivity index (χ3v) is 4.59. The Balaban J connectivity index is 2.27. The number of anilines is 1. The van der Waals surface area contributed by atoms with Crippen LogP contribution < -0.4 is 11.1 Å². The van der Waals surface area contributed by atoms with Gasteiger partial charge >= 0.3 is 0 Å². The molecule has 2 aromatic rings. The second kappa shape index (κ2) is 5.06. The number of aryl methyl sites for hydroxylation is 2. The summed E-state index contributed by atoms with van der Waals surface area (Å²) in [6.07, 6.45) is 0. The van der Waals surface area contributed by atoms with Crippen molar-refractivity contribution in [2.24, 2.45) is 7.05 Å². The molecule has 0 aliphatic carbocycles. The van der Waals surface area contributed by atoms with Crippen LogP contribution in [0.1, 0.15) is 29.2 Å². The van der Waals surface area contributed by atoms with Crippen LogP contribution in [0.5, 0.6) is 0 Å². The van der Waals surface area contributed by atoms with Crippen LogP contribution in [-0.4, -0.2) is 34.9 Å². The molecule has 1 amide bonds. The molecule has 0 aromatic carbocycles. The number of ether oxygens (including phenoxy) is 1. The van der Waals surface area contributed by atoms with E-state index in [1.165, 1.54) is 11.3 Å². The molecule has 0 spiro atoms. The fourth-order valence-electron chi connectivity index (χ4n) is 1.94. The zero-order valence-electron chi connectivity index (χ0n) is 12.4. The van der Waals surface area contributed by atoms with Crippen molar-refractivity contribution in [2.45, 2.75) is 26.4 Å². The van der Waals surface area contributed by atoms with Crippen molar-refractivity contribution < 1.29 is 9.53 Å². The van der Waals surface area contributed by atoms with Gasteiger partial charge < -0.3 is 15.8 Å². The molecule has 0 aliphatic heterocycles. The third kappa shape index (κ3) is 2.51. The van der Waals surface area contributed by atoms with Gasteiger partial charge in [-0.1, -0.05) is 0 Å². The van der Waals surface area contributed by atoms with Crippen molar-refractivity contribution in [3.05, 3.63) is 10.6 Å². The lowest BCUT2D eigenvalue weighted by molar-refractivity contribution is 0.0229. The number of amides is 1. The smallest absolute Gasteiger partial charge is 0.263 e. The first kappa shape index (κ1) is 14.8. The Morgan fingerprint density at radius 1 is 1.55 bits per heavy atom. The van der Waals surface area contributed by atoms with Gasteiger partial charge in [0.2, 0.25) is 0 Å². The summed E-state index contributed by atoms with van der Waals surface area (Å²) in [7, 11) is 3.47. The lowest BCUT2D eigenvalue weighted by Gasteiger charge is -2.22. The molecule has 0 saturated heterocycles. The molecular formula is C13H20N4O2S. The Morgan fingerprint density at radius 3 is 2.75 bits per heavy atom. The molecule has 6 nitrogen and oxygen atoms in total. The number of nitrogens with zero attached hydrogens (tertiary/aromatic N) is 2. The zero-order valence-corrected chi connectivity index (χ0v) is 13.2. The Kier molecular flexibility index (Phi) is 3.75. The second-order valence-corrected chi connectivity index (χ2v) is 6.38. The summed E-state index contributed by atoms with van der Waals surface area (Å²) in [5.41, 5.74) is 7.03. The largest absolute Gasteiger partial charge is 0.397 e. The molecule has 0 fully saturated rings. The normalized spacial score (nSPS) is 12.1. The highest BCUT2D eigenvalue weighted by molar-refractivity contribution is 7.21. The van der Waals surface area contributed by atoms with Crippen LogP contribution in [0.4, 0.5) is 5.69 Å². The molecule has 2 rings (SSSR count). The molecule has 0 aliphatic rings. The summed E-state index contributed by atoms with van der Waals surface area (Å²) in [5.74, 6) is -0.173. The average molecular weight is 296 g/mol. The maximum Gasteiger partial charge on any atom is 0.263 e. The van der Waals surface area contributed by atoms with Gasteiger partial charge in [0.1, 0.15) is 9.71 Å². The molecule has 2 heterocycles. The van der Waals surface area contributed by atoms with Crippen LogP contribution in [0, 0.1) is 6.92 Å².